The van der Waals surface area contributed by atoms with Crippen LogP contribution in [0.2, 0.25) is 0 Å². The highest BCUT2D eigenvalue weighted by Crippen LogP contribution is 2.60. The van der Waals surface area contributed by atoms with Crippen molar-refractivity contribution in [3.8, 4) is 23.0 Å². The van der Waals surface area contributed by atoms with Gasteiger partial charge in [0.25, 0.3) is 0 Å². The van der Waals surface area contributed by atoms with Gasteiger partial charge in [-0.05, 0) is 82.6 Å². The summed E-state index contributed by atoms with van der Waals surface area (Å²) in [6, 6.07) is 26.4. The zero-order valence-corrected chi connectivity index (χ0v) is 31.8. The third-order valence-electron chi connectivity index (χ3n) is 10.5. The van der Waals surface area contributed by atoms with Crippen LogP contribution in [0.4, 0.5) is 0 Å². The van der Waals surface area contributed by atoms with Gasteiger partial charge in [0, 0.05) is 76.9 Å². The van der Waals surface area contributed by atoms with Crippen LogP contribution in [-0.4, -0.2) is 17.4 Å². The fourth-order valence-electron chi connectivity index (χ4n) is 7.38. The van der Waals surface area contributed by atoms with Crippen molar-refractivity contribution >= 4 is 16.9 Å². The van der Waals surface area contributed by atoms with E-state index in [2.05, 4.69) is 170 Å². The molecule has 50 heavy (non-hydrogen) atoms. The van der Waals surface area contributed by atoms with Crippen molar-refractivity contribution in [1.29, 1.82) is 0 Å². The molecule has 0 amide bonds. The van der Waals surface area contributed by atoms with Gasteiger partial charge in [-0.15, -0.1) is 0 Å². The maximum atomic E-state index is 7.23. The van der Waals surface area contributed by atoms with E-state index >= 15 is 0 Å². The Labute approximate surface area is 297 Å². The van der Waals surface area contributed by atoms with Gasteiger partial charge >= 0.3 is 16.9 Å². The number of aromatic nitrogens is 4. The molecule has 3 aliphatic rings. The van der Waals surface area contributed by atoms with E-state index in [-0.39, 0.29) is 10.8 Å². The van der Waals surface area contributed by atoms with Crippen LogP contribution in [0.25, 0.3) is 0 Å². The molecule has 256 valence electrons. The summed E-state index contributed by atoms with van der Waals surface area (Å²) in [6.45, 7) is 18.2. The molecule has 0 fully saturated rings. The first-order valence-electron chi connectivity index (χ1n) is 17.5. The molecule has 0 saturated heterocycles. The maximum absolute atomic E-state index is 7.23. The van der Waals surface area contributed by atoms with E-state index < -0.39 is 22.3 Å². The summed E-state index contributed by atoms with van der Waals surface area (Å²) in [5.41, 5.74) is 9.08. The van der Waals surface area contributed by atoms with Crippen LogP contribution in [0.5, 0.6) is 23.0 Å². The lowest BCUT2D eigenvalue weighted by molar-refractivity contribution is 0.381. The fraction of sp³-hybridized carbons (Fsp3) is 0.317. The largest absolute Gasteiger partial charge is 0.449 e. The minimum atomic E-state index is -1.24. The predicted molar refractivity (Wildman–Crippen MR) is 203 cm³/mol. The van der Waals surface area contributed by atoms with E-state index in [1.165, 1.54) is 33.9 Å². The highest BCUT2D eigenvalue weighted by molar-refractivity contribution is 7.50. The molecule has 0 radical (unpaired) electrons. The number of ether oxygens (including phenoxy) is 1. The van der Waals surface area contributed by atoms with Crippen LogP contribution in [0.15, 0.2) is 97.6 Å². The predicted octanol–water partition coefficient (Wildman–Crippen LogP) is 11.1. The second-order valence-electron chi connectivity index (χ2n) is 16.3. The molecule has 0 spiro atoms. The van der Waals surface area contributed by atoms with Crippen LogP contribution >= 0.6 is 16.9 Å². The average molecular weight is 703 g/mol. The monoisotopic (exact) mass is 702 g/mol. The summed E-state index contributed by atoms with van der Waals surface area (Å²) >= 11 is 0. The fourth-order valence-corrected chi connectivity index (χ4v) is 11.0. The van der Waals surface area contributed by atoms with Gasteiger partial charge < -0.3 is 13.8 Å². The zero-order valence-electron chi connectivity index (χ0n) is 30.1. The van der Waals surface area contributed by atoms with Gasteiger partial charge in [-0.1, -0.05) is 67.5 Å². The summed E-state index contributed by atoms with van der Waals surface area (Å²) in [4.78, 5) is 0. The molecule has 7 nitrogen and oxygen atoms in total. The van der Waals surface area contributed by atoms with Gasteiger partial charge in [0.2, 0.25) is 0 Å². The SMILES string of the molecule is CC(C)(C)c1cc(OP2n3cccc3Cc3cccn32)c2c(c1)C(C)(C)c1cc(C(C)(C)C)cc(OP3n4cccc4Cc4cccn43)c1O2. The van der Waals surface area contributed by atoms with Crippen molar-refractivity contribution in [1.82, 2.24) is 17.4 Å². The van der Waals surface area contributed by atoms with Crippen molar-refractivity contribution in [3.63, 3.8) is 0 Å². The number of hydrogen-bond donors (Lipinski definition) is 0. The first-order chi connectivity index (χ1) is 23.8. The highest BCUT2D eigenvalue weighted by Gasteiger charge is 2.42. The first-order valence-corrected chi connectivity index (χ1v) is 19.8. The molecule has 0 N–H and O–H groups in total. The Balaban J connectivity index is 1.22. The molecule has 9 heteroatoms. The normalized spacial score (nSPS) is 16.4. The van der Waals surface area contributed by atoms with E-state index in [1.54, 1.807) is 0 Å². The van der Waals surface area contributed by atoms with E-state index in [0.717, 1.165) is 47.0 Å². The Bertz CT molecular complexity index is 2050. The van der Waals surface area contributed by atoms with E-state index in [4.69, 9.17) is 13.8 Å². The van der Waals surface area contributed by atoms with Gasteiger partial charge in [0.15, 0.2) is 23.0 Å². The molecular formula is C41H44N4O3P2. The van der Waals surface area contributed by atoms with Crippen LogP contribution in [-0.2, 0) is 29.1 Å². The molecular weight excluding hydrogens is 658 g/mol. The van der Waals surface area contributed by atoms with Crippen molar-refractivity contribution in [2.24, 2.45) is 0 Å². The Morgan fingerprint density at radius 3 is 1.22 bits per heavy atom. The van der Waals surface area contributed by atoms with E-state index in [0.29, 0.717) is 0 Å². The average Bonchev–Trinajstić information content (AvgIpc) is 3.87. The van der Waals surface area contributed by atoms with Crippen molar-refractivity contribution < 1.29 is 13.8 Å². The van der Waals surface area contributed by atoms with E-state index in [1.807, 2.05) is 0 Å². The third kappa shape index (κ3) is 4.92. The van der Waals surface area contributed by atoms with Gasteiger partial charge in [0.1, 0.15) is 0 Å². The number of fused-ring (bicyclic) bond motifs is 6. The summed E-state index contributed by atoms with van der Waals surface area (Å²) in [5.74, 6) is 3.04. The molecule has 3 aliphatic heterocycles. The maximum Gasteiger partial charge on any atom is 0.318 e. The molecule has 7 heterocycles. The highest BCUT2D eigenvalue weighted by atomic mass is 31.2. The third-order valence-corrected chi connectivity index (χ3v) is 14.2. The lowest BCUT2D eigenvalue weighted by atomic mass is 9.72. The van der Waals surface area contributed by atoms with Gasteiger partial charge in [-0.3, -0.25) is 17.4 Å². The van der Waals surface area contributed by atoms with Crippen LogP contribution < -0.4 is 13.8 Å². The van der Waals surface area contributed by atoms with E-state index in [9.17, 15) is 0 Å². The zero-order chi connectivity index (χ0) is 34.7. The Hall–Kier alpha value is -4.18. The smallest absolute Gasteiger partial charge is 0.318 e. The Morgan fingerprint density at radius 2 is 0.900 bits per heavy atom. The minimum absolute atomic E-state index is 0.103. The van der Waals surface area contributed by atoms with Gasteiger partial charge in [0.05, 0.1) is 0 Å². The summed E-state index contributed by atoms with van der Waals surface area (Å²) in [5, 5.41) is 0. The van der Waals surface area contributed by atoms with Crippen molar-refractivity contribution in [2.75, 3.05) is 0 Å². The minimum Gasteiger partial charge on any atom is -0.449 e. The van der Waals surface area contributed by atoms with Crippen molar-refractivity contribution in [3.05, 3.63) is 143 Å². The summed E-state index contributed by atoms with van der Waals surface area (Å²) in [7, 11) is -2.48. The van der Waals surface area contributed by atoms with Crippen LogP contribution in [0.1, 0.15) is 100 Å². The number of nitrogens with zero attached hydrogens (tertiary/aromatic N) is 4. The second kappa shape index (κ2) is 10.9. The molecule has 6 aromatic rings. The van der Waals surface area contributed by atoms with Gasteiger partial charge in [-0.2, -0.15) is 0 Å². The second-order valence-corrected chi connectivity index (χ2v) is 19.4. The number of hydrogen-bond acceptors (Lipinski definition) is 3. The lowest BCUT2D eigenvalue weighted by Gasteiger charge is -2.39. The molecule has 0 bridgehead atoms. The number of benzene rings is 2. The van der Waals surface area contributed by atoms with Gasteiger partial charge in [-0.25, -0.2) is 0 Å². The van der Waals surface area contributed by atoms with Crippen LogP contribution in [0.3, 0.4) is 0 Å². The Kier molecular flexibility index (Phi) is 6.93. The van der Waals surface area contributed by atoms with Crippen LogP contribution in [0, 0.1) is 0 Å². The molecule has 2 aromatic carbocycles. The molecule has 0 aliphatic carbocycles. The molecule has 0 saturated carbocycles. The Morgan fingerprint density at radius 1 is 0.560 bits per heavy atom. The quantitative estimate of drug-likeness (QED) is 0.172. The molecule has 4 aromatic heterocycles. The summed E-state index contributed by atoms with van der Waals surface area (Å²) in [6.07, 6.45) is 10.3. The molecule has 0 unspecified atom stereocenters. The first kappa shape index (κ1) is 31.8. The molecule has 0 atom stereocenters. The summed E-state index contributed by atoms with van der Waals surface area (Å²) < 4.78 is 30.8. The lowest BCUT2D eigenvalue weighted by Crippen LogP contribution is -2.28. The topological polar surface area (TPSA) is 47.4 Å². The molecule has 9 rings (SSSR count). The number of rotatable bonds is 4. The van der Waals surface area contributed by atoms with Crippen molar-refractivity contribution in [2.45, 2.75) is 84.5 Å². The standard InChI is InChI=1S/C41H44N4O3P2/c1-39(2,3)27-21-33-37(35(23-27)47-49-42-17-9-13-29(42)25-30-14-10-18-43(30)49)46-38-34(41(33,7)8)22-28(40(4,5)6)24-36(38)48-50-44-19-11-15-31(44)26-32-16-12-20-45(32)50/h9-24H,25-26H2,1-8H3.